The molecule has 3 aromatic rings. The second-order valence-electron chi connectivity index (χ2n) is 4.39. The number of hydrogen-bond acceptors (Lipinski definition) is 6. The Bertz CT molecular complexity index is 790. The fraction of sp³-hybridized carbons (Fsp3) is 0.214. The number of para-hydroxylation sites is 1. The smallest absolute Gasteiger partial charge is 0.340 e. The van der Waals surface area contributed by atoms with E-state index in [1.807, 2.05) is 6.07 Å². The highest BCUT2D eigenvalue weighted by Crippen LogP contribution is 2.23. The Morgan fingerprint density at radius 3 is 3.00 bits per heavy atom. The van der Waals surface area contributed by atoms with Crippen molar-refractivity contribution < 1.29 is 18.8 Å². The summed E-state index contributed by atoms with van der Waals surface area (Å²) in [5, 5.41) is 3.93. The fourth-order valence-corrected chi connectivity index (χ4v) is 2.06. The van der Waals surface area contributed by atoms with E-state index < -0.39 is 5.97 Å². The minimum atomic E-state index is -0.432. The van der Waals surface area contributed by atoms with Gasteiger partial charge in [-0.3, -0.25) is 0 Å². The first-order valence-electron chi connectivity index (χ1n) is 6.25. The van der Waals surface area contributed by atoms with Gasteiger partial charge in [-0.1, -0.05) is 11.2 Å². The van der Waals surface area contributed by atoms with Crippen LogP contribution in [0.1, 0.15) is 16.1 Å². The number of rotatable bonds is 4. The molecular weight excluding hydrogens is 274 g/mol. The minimum absolute atomic E-state index is 0.334. The molecule has 0 fully saturated rings. The molecule has 0 radical (unpaired) electrons. The predicted molar refractivity (Wildman–Crippen MR) is 73.6 cm³/mol. The van der Waals surface area contributed by atoms with Gasteiger partial charge in [-0.2, -0.15) is 0 Å². The van der Waals surface area contributed by atoms with E-state index in [2.05, 4.69) is 15.1 Å². The van der Waals surface area contributed by atoms with Crippen LogP contribution in [0, 0.1) is 0 Å². The number of carbonyl (C=O) groups is 1. The first-order chi connectivity index (χ1) is 10.2. The van der Waals surface area contributed by atoms with Gasteiger partial charge in [0, 0.05) is 13.2 Å². The van der Waals surface area contributed by atoms with Crippen LogP contribution in [0.4, 0.5) is 0 Å². The minimum Gasteiger partial charge on any atom is -0.465 e. The number of esters is 1. The average Bonchev–Trinajstić information content (AvgIpc) is 3.12. The molecule has 0 spiro atoms. The van der Waals surface area contributed by atoms with Crippen LogP contribution in [0.15, 0.2) is 28.8 Å². The number of nitrogens with zero attached hydrogens (tertiary/aromatic N) is 2. The average molecular weight is 287 g/mol. The topological polar surface area (TPSA) is 90.2 Å². The summed E-state index contributed by atoms with van der Waals surface area (Å²) in [6.07, 6.45) is 0. The molecule has 21 heavy (non-hydrogen) atoms. The standard InChI is InChI=1S/C14H13N3O4/c1-19-7-8-6-11(17-21-8)13-15-10-5-3-4-9(12(10)16-13)14(18)20-2/h3-6H,7H2,1-2H3,(H,15,16). The predicted octanol–water partition coefficient (Wildman–Crippen LogP) is 2.15. The van der Waals surface area contributed by atoms with Gasteiger partial charge in [0.2, 0.25) is 0 Å². The third kappa shape index (κ3) is 2.38. The SMILES string of the molecule is COCc1cc(-c2nc3c(C(=O)OC)cccc3[nH]2)no1. The number of methoxy groups -OCH3 is 2. The van der Waals surface area contributed by atoms with Crippen molar-refractivity contribution in [3.05, 3.63) is 35.6 Å². The highest BCUT2D eigenvalue weighted by molar-refractivity contribution is 6.02. The molecule has 0 amide bonds. The molecule has 1 N–H and O–H groups in total. The van der Waals surface area contributed by atoms with Gasteiger partial charge >= 0.3 is 5.97 Å². The number of aromatic nitrogens is 3. The number of fused-ring (bicyclic) bond motifs is 1. The highest BCUT2D eigenvalue weighted by Gasteiger charge is 2.16. The van der Waals surface area contributed by atoms with Gasteiger partial charge in [0.05, 0.1) is 18.2 Å². The number of hydrogen-bond donors (Lipinski definition) is 1. The van der Waals surface area contributed by atoms with Crippen molar-refractivity contribution in [2.24, 2.45) is 0 Å². The van der Waals surface area contributed by atoms with Crippen LogP contribution in [-0.2, 0) is 16.1 Å². The van der Waals surface area contributed by atoms with E-state index in [1.165, 1.54) is 7.11 Å². The number of ether oxygens (including phenoxy) is 2. The molecule has 0 aliphatic heterocycles. The maximum absolute atomic E-state index is 11.7. The number of benzene rings is 1. The van der Waals surface area contributed by atoms with E-state index in [1.54, 1.807) is 25.3 Å². The summed E-state index contributed by atoms with van der Waals surface area (Å²) >= 11 is 0. The van der Waals surface area contributed by atoms with Crippen LogP contribution in [0.5, 0.6) is 0 Å². The van der Waals surface area contributed by atoms with Crippen LogP contribution < -0.4 is 0 Å². The second-order valence-corrected chi connectivity index (χ2v) is 4.39. The molecule has 0 aliphatic rings. The van der Waals surface area contributed by atoms with Gasteiger partial charge in [0.1, 0.15) is 17.8 Å². The van der Waals surface area contributed by atoms with Crippen LogP contribution in [0.25, 0.3) is 22.6 Å². The largest absolute Gasteiger partial charge is 0.465 e. The maximum atomic E-state index is 11.7. The Morgan fingerprint density at radius 1 is 1.38 bits per heavy atom. The van der Waals surface area contributed by atoms with Crippen LogP contribution >= 0.6 is 0 Å². The summed E-state index contributed by atoms with van der Waals surface area (Å²) in [6, 6.07) is 6.99. The Balaban J connectivity index is 2.06. The monoisotopic (exact) mass is 287 g/mol. The lowest BCUT2D eigenvalue weighted by Crippen LogP contribution is -2.01. The Hall–Kier alpha value is -2.67. The van der Waals surface area contributed by atoms with E-state index >= 15 is 0 Å². The quantitative estimate of drug-likeness (QED) is 0.739. The van der Waals surface area contributed by atoms with E-state index in [4.69, 9.17) is 14.0 Å². The molecule has 0 bridgehead atoms. The van der Waals surface area contributed by atoms with Crippen LogP contribution in [-0.4, -0.2) is 35.3 Å². The Labute approximate surface area is 119 Å². The zero-order valence-corrected chi connectivity index (χ0v) is 11.5. The molecule has 0 atom stereocenters. The lowest BCUT2D eigenvalue weighted by atomic mass is 10.2. The summed E-state index contributed by atoms with van der Waals surface area (Å²) in [5.41, 5.74) is 2.21. The lowest BCUT2D eigenvalue weighted by Gasteiger charge is -1.98. The van der Waals surface area contributed by atoms with E-state index in [0.717, 1.165) is 5.52 Å². The number of aromatic amines is 1. The molecule has 1 aromatic carbocycles. The molecule has 0 aliphatic carbocycles. The maximum Gasteiger partial charge on any atom is 0.340 e. The van der Waals surface area contributed by atoms with Crippen molar-refractivity contribution in [1.29, 1.82) is 0 Å². The summed E-state index contributed by atoms with van der Waals surface area (Å²) in [6.45, 7) is 0.334. The Morgan fingerprint density at radius 2 is 2.24 bits per heavy atom. The van der Waals surface area contributed by atoms with Gasteiger partial charge in [-0.15, -0.1) is 0 Å². The van der Waals surface area contributed by atoms with E-state index in [0.29, 0.717) is 35.0 Å². The molecule has 2 aromatic heterocycles. The third-order valence-electron chi connectivity index (χ3n) is 3.01. The fourth-order valence-electron chi connectivity index (χ4n) is 2.06. The molecule has 0 saturated carbocycles. The molecule has 108 valence electrons. The number of carbonyl (C=O) groups excluding carboxylic acids is 1. The van der Waals surface area contributed by atoms with Crippen molar-refractivity contribution >= 4 is 17.0 Å². The highest BCUT2D eigenvalue weighted by atomic mass is 16.5. The molecule has 0 unspecified atom stereocenters. The van der Waals surface area contributed by atoms with Gasteiger partial charge in [-0.05, 0) is 12.1 Å². The number of H-pyrrole nitrogens is 1. The van der Waals surface area contributed by atoms with Gasteiger partial charge < -0.3 is 19.0 Å². The van der Waals surface area contributed by atoms with E-state index in [9.17, 15) is 4.79 Å². The molecule has 7 nitrogen and oxygen atoms in total. The van der Waals surface area contributed by atoms with Gasteiger partial charge in [0.15, 0.2) is 11.6 Å². The third-order valence-corrected chi connectivity index (χ3v) is 3.01. The van der Waals surface area contributed by atoms with Crippen LogP contribution in [0.3, 0.4) is 0 Å². The number of imidazole rings is 1. The molecule has 3 rings (SSSR count). The lowest BCUT2D eigenvalue weighted by molar-refractivity contribution is 0.0603. The van der Waals surface area contributed by atoms with Crippen molar-refractivity contribution in [3.63, 3.8) is 0 Å². The molecular formula is C14H13N3O4. The Kier molecular flexibility index (Phi) is 3.41. The number of nitrogens with one attached hydrogen (secondary N) is 1. The summed E-state index contributed by atoms with van der Waals surface area (Å²) in [5.74, 6) is 0.687. The van der Waals surface area contributed by atoms with Crippen molar-refractivity contribution in [2.45, 2.75) is 6.61 Å². The van der Waals surface area contributed by atoms with Gasteiger partial charge in [0.25, 0.3) is 0 Å². The summed E-state index contributed by atoms with van der Waals surface area (Å²) in [4.78, 5) is 19.2. The molecule has 7 heteroatoms. The normalized spacial score (nSPS) is 11.0. The molecule has 2 heterocycles. The zero-order valence-electron chi connectivity index (χ0n) is 11.5. The summed E-state index contributed by atoms with van der Waals surface area (Å²) < 4.78 is 14.9. The first-order valence-corrected chi connectivity index (χ1v) is 6.25. The second kappa shape index (κ2) is 5.37. The van der Waals surface area contributed by atoms with Crippen molar-refractivity contribution in [2.75, 3.05) is 14.2 Å². The van der Waals surface area contributed by atoms with Crippen molar-refractivity contribution in [1.82, 2.24) is 15.1 Å². The molecule has 0 saturated heterocycles. The van der Waals surface area contributed by atoms with E-state index in [-0.39, 0.29) is 0 Å². The zero-order chi connectivity index (χ0) is 14.8. The first kappa shape index (κ1) is 13.3. The summed E-state index contributed by atoms with van der Waals surface area (Å²) in [7, 11) is 2.91. The van der Waals surface area contributed by atoms with Crippen molar-refractivity contribution in [3.8, 4) is 11.5 Å². The van der Waals surface area contributed by atoms with Gasteiger partial charge in [-0.25, -0.2) is 9.78 Å². The van der Waals surface area contributed by atoms with Crippen LogP contribution in [0.2, 0.25) is 0 Å².